The van der Waals surface area contributed by atoms with E-state index in [0.717, 1.165) is 16.8 Å². The van der Waals surface area contributed by atoms with Crippen molar-refractivity contribution in [3.05, 3.63) is 58.4 Å². The Morgan fingerprint density at radius 2 is 2.14 bits per heavy atom. The fourth-order valence-electron chi connectivity index (χ4n) is 2.69. The zero-order chi connectivity index (χ0) is 20.1. The summed E-state index contributed by atoms with van der Waals surface area (Å²) in [6, 6.07) is 7.17. The van der Waals surface area contributed by atoms with Crippen LogP contribution >= 0.6 is 11.6 Å². The summed E-state index contributed by atoms with van der Waals surface area (Å²) in [4.78, 5) is 23.6. The van der Waals surface area contributed by atoms with E-state index in [2.05, 4.69) is 30.9 Å². The van der Waals surface area contributed by atoms with Gasteiger partial charge in [0.25, 0.3) is 5.91 Å². The van der Waals surface area contributed by atoms with Crippen LogP contribution in [0.4, 0.5) is 5.95 Å². The Balaban J connectivity index is 1.60. The fraction of sp³-hybridized carbons (Fsp3) is 0.222. The molecule has 0 saturated carbocycles. The first-order valence-corrected chi connectivity index (χ1v) is 8.99. The molecule has 1 aliphatic rings. The van der Waals surface area contributed by atoms with Crippen LogP contribution in [0.5, 0.6) is 0 Å². The maximum absolute atomic E-state index is 11.2. The first-order valence-electron chi connectivity index (χ1n) is 8.62. The van der Waals surface area contributed by atoms with Crippen LogP contribution in [0.2, 0.25) is 5.02 Å². The number of benzene rings is 1. The number of primary amides is 1. The van der Waals surface area contributed by atoms with Crippen LogP contribution in [0.1, 0.15) is 21.6 Å². The Kier molecular flexibility index (Phi) is 6.07. The molecule has 28 heavy (non-hydrogen) atoms. The molecule has 0 spiro atoms. The van der Waals surface area contributed by atoms with Gasteiger partial charge in [-0.15, -0.1) is 0 Å². The molecule has 2 aromatic rings. The quantitative estimate of drug-likeness (QED) is 0.433. The number of nitrogens with two attached hydrogens (primary N) is 2. The number of hydrogen-bond donors (Lipinski definition) is 5. The van der Waals surface area contributed by atoms with Crippen molar-refractivity contribution in [2.45, 2.75) is 13.1 Å². The van der Waals surface area contributed by atoms with Gasteiger partial charge in [-0.05, 0) is 30.7 Å². The molecule has 1 amide bonds. The molecule has 0 fully saturated rings. The number of nitrogens with one attached hydrogen (secondary N) is 3. The highest BCUT2D eigenvalue weighted by molar-refractivity contribution is 6.31. The molecule has 9 nitrogen and oxygen atoms in total. The number of aromatic nitrogens is 2. The molecule has 3 rings (SSSR count). The molecular formula is C18H21ClN8O. The molecule has 146 valence electrons. The largest absolute Gasteiger partial charge is 0.370 e. The van der Waals surface area contributed by atoms with E-state index in [9.17, 15) is 4.79 Å². The van der Waals surface area contributed by atoms with Crippen LogP contribution in [-0.2, 0) is 0 Å². The van der Waals surface area contributed by atoms with E-state index in [1.807, 2.05) is 31.2 Å². The number of nitrogens with zero attached hydrogens (tertiary/aromatic N) is 3. The third kappa shape index (κ3) is 4.76. The number of halogens is 1. The van der Waals surface area contributed by atoms with Crippen molar-refractivity contribution in [3.63, 3.8) is 0 Å². The van der Waals surface area contributed by atoms with Gasteiger partial charge in [0, 0.05) is 35.6 Å². The van der Waals surface area contributed by atoms with Crippen molar-refractivity contribution in [3.8, 4) is 0 Å². The Morgan fingerprint density at radius 3 is 2.93 bits per heavy atom. The summed E-state index contributed by atoms with van der Waals surface area (Å²) < 4.78 is 0. The number of hydrogen-bond acceptors (Lipinski definition) is 8. The Morgan fingerprint density at radius 1 is 1.32 bits per heavy atom. The number of aliphatic imine (C=N–C) groups is 1. The molecule has 7 N–H and O–H groups in total. The highest BCUT2D eigenvalue weighted by Gasteiger charge is 2.16. The van der Waals surface area contributed by atoms with Crippen LogP contribution in [-0.4, -0.2) is 41.1 Å². The van der Waals surface area contributed by atoms with Gasteiger partial charge in [0.05, 0.1) is 0 Å². The maximum Gasteiger partial charge on any atom is 0.267 e. The SMILES string of the molecule is Cc1c(Cl)cccc1C1=CC(NCCNc2nccc(C(N)=O)n2)N=C(N)N1. The zero-order valence-electron chi connectivity index (χ0n) is 15.2. The minimum absolute atomic E-state index is 0.158. The molecule has 2 heterocycles. The molecule has 0 saturated heterocycles. The fourth-order valence-corrected chi connectivity index (χ4v) is 2.87. The highest BCUT2D eigenvalue weighted by atomic mass is 35.5. The van der Waals surface area contributed by atoms with Crippen molar-refractivity contribution < 1.29 is 4.79 Å². The van der Waals surface area contributed by atoms with E-state index in [1.54, 1.807) is 0 Å². The second-order valence-corrected chi connectivity index (χ2v) is 6.49. The van der Waals surface area contributed by atoms with Crippen molar-refractivity contribution >= 4 is 35.1 Å². The van der Waals surface area contributed by atoms with Gasteiger partial charge in [-0.2, -0.15) is 0 Å². The number of carbonyl (C=O) groups is 1. The van der Waals surface area contributed by atoms with Crippen LogP contribution in [0.25, 0.3) is 5.70 Å². The molecule has 1 atom stereocenters. The van der Waals surface area contributed by atoms with Gasteiger partial charge in [-0.3, -0.25) is 10.1 Å². The second kappa shape index (κ2) is 8.68. The summed E-state index contributed by atoms with van der Waals surface area (Å²) in [7, 11) is 0. The number of carbonyl (C=O) groups excluding carboxylic acids is 1. The Bertz CT molecular complexity index is 943. The van der Waals surface area contributed by atoms with Crippen molar-refractivity contribution in [1.82, 2.24) is 20.6 Å². The third-order valence-electron chi connectivity index (χ3n) is 4.09. The number of guanidine groups is 1. The first-order chi connectivity index (χ1) is 13.4. The summed E-state index contributed by atoms with van der Waals surface area (Å²) in [5.41, 5.74) is 14.1. The summed E-state index contributed by atoms with van der Waals surface area (Å²) >= 11 is 6.22. The Labute approximate surface area is 167 Å². The van der Waals surface area contributed by atoms with E-state index in [1.165, 1.54) is 12.3 Å². The van der Waals surface area contributed by atoms with Crippen molar-refractivity contribution in [2.75, 3.05) is 18.4 Å². The molecule has 1 aromatic heterocycles. The van der Waals surface area contributed by atoms with Gasteiger partial charge in [0.2, 0.25) is 5.95 Å². The lowest BCUT2D eigenvalue weighted by atomic mass is 10.0. The topological polar surface area (TPSA) is 143 Å². The average molecular weight is 401 g/mol. The van der Waals surface area contributed by atoms with E-state index < -0.39 is 5.91 Å². The van der Waals surface area contributed by atoms with E-state index in [-0.39, 0.29) is 11.9 Å². The normalized spacial score (nSPS) is 16.0. The lowest BCUT2D eigenvalue weighted by Crippen LogP contribution is -2.41. The second-order valence-electron chi connectivity index (χ2n) is 6.09. The molecular weight excluding hydrogens is 380 g/mol. The van der Waals surface area contributed by atoms with Gasteiger partial charge < -0.3 is 22.1 Å². The molecule has 1 aromatic carbocycles. The predicted molar refractivity (Wildman–Crippen MR) is 110 cm³/mol. The third-order valence-corrected chi connectivity index (χ3v) is 4.50. The van der Waals surface area contributed by atoms with E-state index in [4.69, 9.17) is 23.1 Å². The molecule has 10 heteroatoms. The predicted octanol–water partition coefficient (Wildman–Crippen LogP) is 0.824. The van der Waals surface area contributed by atoms with E-state index in [0.29, 0.717) is 30.0 Å². The zero-order valence-corrected chi connectivity index (χ0v) is 16.0. The lowest BCUT2D eigenvalue weighted by Gasteiger charge is -2.22. The van der Waals surface area contributed by atoms with Gasteiger partial charge in [-0.1, -0.05) is 23.7 Å². The van der Waals surface area contributed by atoms with Crippen LogP contribution < -0.4 is 27.4 Å². The van der Waals surface area contributed by atoms with Crippen LogP contribution in [0.3, 0.4) is 0 Å². The van der Waals surface area contributed by atoms with Crippen molar-refractivity contribution in [1.29, 1.82) is 0 Å². The van der Waals surface area contributed by atoms with Crippen LogP contribution in [0.15, 0.2) is 41.5 Å². The summed E-state index contributed by atoms with van der Waals surface area (Å²) in [6.45, 7) is 3.03. The van der Waals surface area contributed by atoms with E-state index >= 15 is 0 Å². The maximum atomic E-state index is 11.2. The molecule has 0 aliphatic carbocycles. The number of anilines is 1. The summed E-state index contributed by atoms with van der Waals surface area (Å²) in [5, 5.41) is 10.1. The molecule has 1 aliphatic heterocycles. The summed E-state index contributed by atoms with van der Waals surface area (Å²) in [5.74, 6) is 0.0501. The van der Waals surface area contributed by atoms with Gasteiger partial charge in [-0.25, -0.2) is 15.0 Å². The Hall–Kier alpha value is -3.17. The minimum atomic E-state index is -0.600. The smallest absolute Gasteiger partial charge is 0.267 e. The summed E-state index contributed by atoms with van der Waals surface area (Å²) in [6.07, 6.45) is 3.12. The monoisotopic (exact) mass is 400 g/mol. The van der Waals surface area contributed by atoms with Gasteiger partial charge >= 0.3 is 0 Å². The molecule has 0 bridgehead atoms. The lowest BCUT2D eigenvalue weighted by molar-refractivity contribution is 0.0995. The van der Waals surface area contributed by atoms with Crippen LogP contribution in [0, 0.1) is 6.92 Å². The number of rotatable bonds is 7. The van der Waals surface area contributed by atoms with Crippen molar-refractivity contribution in [2.24, 2.45) is 16.5 Å². The highest BCUT2D eigenvalue weighted by Crippen LogP contribution is 2.24. The standard InChI is InChI=1S/C18H21ClN8O/c1-10-11(3-2-4-12(10)19)14-9-15(27-17(21)25-14)22-7-8-24-18-23-6-5-13(26-18)16(20)28/h2-6,9,15,22H,7-8H2,1H3,(H2,20,28)(H3,21,25,27)(H,23,24,26). The average Bonchev–Trinajstić information content (AvgIpc) is 2.67. The first kappa shape index (κ1) is 19.6. The van der Waals surface area contributed by atoms with Gasteiger partial charge in [0.1, 0.15) is 11.9 Å². The molecule has 0 radical (unpaired) electrons. The number of amides is 1. The van der Waals surface area contributed by atoms with Gasteiger partial charge in [0.15, 0.2) is 5.96 Å². The minimum Gasteiger partial charge on any atom is -0.370 e. The molecule has 1 unspecified atom stereocenters.